The molecule has 5 heteroatoms. The second kappa shape index (κ2) is 6.63. The van der Waals surface area contributed by atoms with Gasteiger partial charge in [-0.2, -0.15) is 0 Å². The van der Waals surface area contributed by atoms with E-state index in [9.17, 15) is 9.59 Å². The number of amides is 3. The molecule has 1 aliphatic rings. The lowest BCUT2D eigenvalue weighted by Crippen LogP contribution is -2.25. The first-order valence-corrected chi connectivity index (χ1v) is 9.47. The molecule has 142 valence electrons. The minimum atomic E-state index is -0.402. The van der Waals surface area contributed by atoms with Crippen molar-refractivity contribution in [1.29, 1.82) is 0 Å². The van der Waals surface area contributed by atoms with E-state index in [1.165, 1.54) is 23.4 Å². The van der Waals surface area contributed by atoms with E-state index in [2.05, 4.69) is 52.3 Å². The summed E-state index contributed by atoms with van der Waals surface area (Å²) >= 11 is 0. The molecular weight excluding hydrogens is 362 g/mol. The van der Waals surface area contributed by atoms with Gasteiger partial charge in [0.1, 0.15) is 5.70 Å². The first kappa shape index (κ1) is 17.3. The Hall–Kier alpha value is -3.86. The quantitative estimate of drug-likeness (QED) is 0.423. The van der Waals surface area contributed by atoms with Gasteiger partial charge in [-0.15, -0.1) is 0 Å². The number of nitrogens with one attached hydrogen (secondary N) is 1. The third kappa shape index (κ3) is 2.88. The number of carbonyl (C=O) groups is 2. The number of hydrogen-bond donors (Lipinski definition) is 1. The Bertz CT molecular complexity index is 1310. The summed E-state index contributed by atoms with van der Waals surface area (Å²) in [4.78, 5) is 25.1. The van der Waals surface area contributed by atoms with Gasteiger partial charge in [-0.25, -0.2) is 4.79 Å². The molecule has 5 nitrogen and oxygen atoms in total. The molecule has 29 heavy (non-hydrogen) atoms. The number of urea groups is 1. The molecule has 0 aliphatic carbocycles. The van der Waals surface area contributed by atoms with Crippen molar-refractivity contribution in [3.8, 4) is 0 Å². The highest BCUT2D eigenvalue weighted by atomic mass is 16.2. The second-order valence-electron chi connectivity index (χ2n) is 7.22. The Labute approximate surface area is 167 Å². The van der Waals surface area contributed by atoms with Crippen molar-refractivity contribution in [3.05, 3.63) is 89.8 Å². The van der Waals surface area contributed by atoms with E-state index in [4.69, 9.17) is 0 Å². The van der Waals surface area contributed by atoms with Gasteiger partial charge in [-0.1, -0.05) is 60.7 Å². The van der Waals surface area contributed by atoms with Gasteiger partial charge in [0.2, 0.25) is 0 Å². The Morgan fingerprint density at radius 3 is 2.41 bits per heavy atom. The number of benzene rings is 3. The Morgan fingerprint density at radius 1 is 0.897 bits per heavy atom. The SMILES string of the molecule is CN1C(=O)NC(=Cc2cn(Cc3cccc4ccccc34)c3ccccc23)C1=O. The predicted molar refractivity (Wildman–Crippen MR) is 114 cm³/mol. The summed E-state index contributed by atoms with van der Waals surface area (Å²) in [6.07, 6.45) is 3.79. The summed E-state index contributed by atoms with van der Waals surface area (Å²) in [6.45, 7) is 0.714. The van der Waals surface area contributed by atoms with E-state index in [0.717, 1.165) is 21.4 Å². The van der Waals surface area contributed by atoms with Gasteiger partial charge < -0.3 is 9.88 Å². The molecule has 0 spiro atoms. The van der Waals surface area contributed by atoms with Crippen molar-refractivity contribution in [2.24, 2.45) is 0 Å². The highest BCUT2D eigenvalue weighted by Crippen LogP contribution is 2.27. The van der Waals surface area contributed by atoms with E-state index in [-0.39, 0.29) is 5.91 Å². The lowest BCUT2D eigenvalue weighted by atomic mass is 10.0. The molecule has 5 rings (SSSR count). The van der Waals surface area contributed by atoms with Crippen molar-refractivity contribution >= 4 is 39.7 Å². The third-order valence-electron chi connectivity index (χ3n) is 5.42. The smallest absolute Gasteiger partial charge is 0.328 e. The van der Waals surface area contributed by atoms with Crippen LogP contribution in [0.15, 0.2) is 78.6 Å². The zero-order chi connectivity index (χ0) is 20.0. The molecular formula is C24H19N3O2. The molecule has 3 aromatic carbocycles. The van der Waals surface area contributed by atoms with Crippen molar-refractivity contribution in [1.82, 2.24) is 14.8 Å². The summed E-state index contributed by atoms with van der Waals surface area (Å²) in [5, 5.41) is 6.12. The van der Waals surface area contributed by atoms with Gasteiger partial charge in [0.25, 0.3) is 5.91 Å². The highest BCUT2D eigenvalue weighted by Gasteiger charge is 2.30. The number of aromatic nitrogens is 1. The van der Waals surface area contributed by atoms with E-state index < -0.39 is 6.03 Å². The van der Waals surface area contributed by atoms with Gasteiger partial charge in [-0.3, -0.25) is 9.69 Å². The maximum atomic E-state index is 12.3. The topological polar surface area (TPSA) is 54.3 Å². The Balaban J connectivity index is 1.61. The number of imide groups is 1. The van der Waals surface area contributed by atoms with Crippen LogP contribution in [-0.4, -0.2) is 28.5 Å². The maximum Gasteiger partial charge on any atom is 0.328 e. The van der Waals surface area contributed by atoms with E-state index in [1.807, 2.05) is 30.5 Å². The molecule has 0 atom stereocenters. The van der Waals surface area contributed by atoms with E-state index >= 15 is 0 Å². The van der Waals surface area contributed by atoms with Gasteiger partial charge in [0.05, 0.1) is 0 Å². The van der Waals surface area contributed by atoms with Crippen LogP contribution in [0.2, 0.25) is 0 Å². The number of carbonyl (C=O) groups excluding carboxylic acids is 2. The number of nitrogens with zero attached hydrogens (tertiary/aromatic N) is 2. The monoisotopic (exact) mass is 381 g/mol. The lowest BCUT2D eigenvalue weighted by molar-refractivity contribution is -0.121. The number of para-hydroxylation sites is 1. The molecule has 0 radical (unpaired) electrons. The van der Waals surface area contributed by atoms with Crippen LogP contribution in [0.4, 0.5) is 4.79 Å². The average molecular weight is 381 g/mol. The van der Waals surface area contributed by atoms with Crippen LogP contribution in [0, 0.1) is 0 Å². The summed E-state index contributed by atoms with van der Waals surface area (Å²) < 4.78 is 2.19. The van der Waals surface area contributed by atoms with Crippen molar-refractivity contribution in [2.75, 3.05) is 7.05 Å². The summed E-state index contributed by atoms with van der Waals surface area (Å²) in [5.41, 5.74) is 3.51. The van der Waals surface area contributed by atoms with Gasteiger partial charge >= 0.3 is 6.03 Å². The molecule has 0 unspecified atom stereocenters. The first-order chi connectivity index (χ1) is 14.1. The summed E-state index contributed by atoms with van der Waals surface area (Å²) in [5.74, 6) is -0.319. The number of rotatable bonds is 3. The molecule has 0 saturated carbocycles. The fraction of sp³-hybridized carbons (Fsp3) is 0.0833. The average Bonchev–Trinajstić information content (AvgIpc) is 3.21. The van der Waals surface area contributed by atoms with Crippen molar-refractivity contribution in [2.45, 2.75) is 6.54 Å². The van der Waals surface area contributed by atoms with Crippen LogP contribution in [0.1, 0.15) is 11.1 Å². The minimum Gasteiger partial charge on any atom is -0.342 e. The number of fused-ring (bicyclic) bond motifs is 2. The molecule has 1 N–H and O–H groups in total. The summed E-state index contributed by atoms with van der Waals surface area (Å²) in [6, 6.07) is 22.4. The number of hydrogen-bond acceptors (Lipinski definition) is 2. The second-order valence-corrected chi connectivity index (χ2v) is 7.22. The molecule has 1 fully saturated rings. The van der Waals surface area contributed by atoms with E-state index in [1.54, 1.807) is 6.08 Å². The maximum absolute atomic E-state index is 12.3. The zero-order valence-corrected chi connectivity index (χ0v) is 15.9. The molecule has 1 aliphatic heterocycles. The minimum absolute atomic E-state index is 0.297. The fourth-order valence-corrected chi connectivity index (χ4v) is 3.91. The van der Waals surface area contributed by atoms with E-state index in [0.29, 0.717) is 12.2 Å². The molecule has 3 amide bonds. The Kier molecular flexibility index (Phi) is 3.95. The van der Waals surface area contributed by atoms with Crippen LogP contribution in [0.25, 0.3) is 27.8 Å². The van der Waals surface area contributed by atoms with Gasteiger partial charge in [0, 0.05) is 36.3 Å². The standard InChI is InChI=1S/C24H19N3O2/c1-26-23(28)21(25-24(26)29)13-18-15-27(22-12-5-4-11-20(18)22)14-17-9-6-8-16-7-2-3-10-19(16)17/h2-13,15H,14H2,1H3,(H,25,29). The summed E-state index contributed by atoms with van der Waals surface area (Å²) in [7, 11) is 1.47. The van der Waals surface area contributed by atoms with Crippen LogP contribution in [-0.2, 0) is 11.3 Å². The van der Waals surface area contributed by atoms with Gasteiger partial charge in [0.15, 0.2) is 0 Å². The highest BCUT2D eigenvalue weighted by molar-refractivity contribution is 6.14. The molecule has 0 bridgehead atoms. The third-order valence-corrected chi connectivity index (χ3v) is 5.42. The Morgan fingerprint density at radius 2 is 1.62 bits per heavy atom. The van der Waals surface area contributed by atoms with Gasteiger partial charge in [-0.05, 0) is 28.5 Å². The predicted octanol–water partition coefficient (Wildman–Crippen LogP) is 4.37. The van der Waals surface area contributed by atoms with Crippen LogP contribution < -0.4 is 5.32 Å². The fourth-order valence-electron chi connectivity index (χ4n) is 3.91. The van der Waals surface area contributed by atoms with Crippen LogP contribution >= 0.6 is 0 Å². The molecule has 1 aromatic heterocycles. The molecule has 4 aromatic rings. The van der Waals surface area contributed by atoms with Crippen molar-refractivity contribution in [3.63, 3.8) is 0 Å². The lowest BCUT2D eigenvalue weighted by Gasteiger charge is -2.09. The normalized spacial score (nSPS) is 15.6. The molecule has 2 heterocycles. The zero-order valence-electron chi connectivity index (χ0n) is 15.9. The number of likely N-dealkylation sites (N-methyl/N-ethyl adjacent to an activating group) is 1. The first-order valence-electron chi connectivity index (χ1n) is 9.47. The van der Waals surface area contributed by atoms with Crippen molar-refractivity contribution < 1.29 is 9.59 Å². The van der Waals surface area contributed by atoms with Crippen LogP contribution in [0.3, 0.4) is 0 Å². The van der Waals surface area contributed by atoms with Crippen LogP contribution in [0.5, 0.6) is 0 Å². The molecule has 1 saturated heterocycles. The largest absolute Gasteiger partial charge is 0.342 e.